The van der Waals surface area contributed by atoms with Crippen LogP contribution in [0.2, 0.25) is 0 Å². The first kappa shape index (κ1) is 13.7. The summed E-state index contributed by atoms with van der Waals surface area (Å²) in [6.45, 7) is 3.22. The Hall–Kier alpha value is -1.74. The first-order valence-corrected chi connectivity index (χ1v) is 6.94. The molecule has 0 aliphatic carbocycles. The zero-order valence-corrected chi connectivity index (χ0v) is 11.4. The van der Waals surface area contributed by atoms with E-state index >= 15 is 0 Å². The van der Waals surface area contributed by atoms with E-state index in [2.05, 4.69) is 52.8 Å². The van der Waals surface area contributed by atoms with Crippen molar-refractivity contribution in [1.82, 2.24) is 15.5 Å². The standard InChI is InChI=1S/C16H21N3/c1-2-11-17-16(15-10-12-18-19-13-15)9-8-14-6-4-3-5-7-14/h3-7,10,12-13,16-17H,2,8-9,11H2,1H3. The molecule has 0 radical (unpaired) electrons. The summed E-state index contributed by atoms with van der Waals surface area (Å²) in [5, 5.41) is 11.4. The Balaban J connectivity index is 1.98. The fourth-order valence-electron chi connectivity index (χ4n) is 2.17. The van der Waals surface area contributed by atoms with Gasteiger partial charge in [-0.3, -0.25) is 0 Å². The topological polar surface area (TPSA) is 37.8 Å². The van der Waals surface area contributed by atoms with Crippen molar-refractivity contribution in [2.75, 3.05) is 6.54 Å². The normalized spacial score (nSPS) is 12.3. The van der Waals surface area contributed by atoms with Crippen LogP contribution in [0.5, 0.6) is 0 Å². The van der Waals surface area contributed by atoms with E-state index in [4.69, 9.17) is 0 Å². The van der Waals surface area contributed by atoms with Gasteiger partial charge in [-0.25, -0.2) is 0 Å². The number of aromatic nitrogens is 2. The van der Waals surface area contributed by atoms with Gasteiger partial charge in [-0.15, -0.1) is 0 Å². The molecule has 3 heteroatoms. The van der Waals surface area contributed by atoms with E-state index in [9.17, 15) is 0 Å². The van der Waals surface area contributed by atoms with Gasteiger partial charge >= 0.3 is 0 Å². The highest BCUT2D eigenvalue weighted by Crippen LogP contribution is 2.18. The largest absolute Gasteiger partial charge is 0.310 e. The average Bonchev–Trinajstić information content (AvgIpc) is 2.49. The predicted octanol–water partition coefficient (Wildman–Crippen LogP) is 3.15. The van der Waals surface area contributed by atoms with Crippen molar-refractivity contribution < 1.29 is 0 Å². The summed E-state index contributed by atoms with van der Waals surface area (Å²) >= 11 is 0. The van der Waals surface area contributed by atoms with Crippen LogP contribution in [0.25, 0.3) is 0 Å². The van der Waals surface area contributed by atoms with Gasteiger partial charge < -0.3 is 5.32 Å². The van der Waals surface area contributed by atoms with E-state index < -0.39 is 0 Å². The molecule has 1 aromatic carbocycles. The Bertz CT molecular complexity index is 456. The zero-order chi connectivity index (χ0) is 13.3. The Morgan fingerprint density at radius 2 is 1.95 bits per heavy atom. The molecule has 2 rings (SSSR count). The summed E-state index contributed by atoms with van der Waals surface area (Å²) in [7, 11) is 0. The minimum atomic E-state index is 0.357. The molecule has 0 spiro atoms. The molecule has 1 N–H and O–H groups in total. The molecule has 1 heterocycles. The number of nitrogens with one attached hydrogen (secondary N) is 1. The van der Waals surface area contributed by atoms with Crippen LogP contribution in [0.15, 0.2) is 48.8 Å². The summed E-state index contributed by atoms with van der Waals surface area (Å²) in [6.07, 6.45) is 6.91. The maximum absolute atomic E-state index is 3.98. The highest BCUT2D eigenvalue weighted by atomic mass is 15.1. The van der Waals surface area contributed by atoms with Crippen molar-refractivity contribution in [1.29, 1.82) is 0 Å². The maximum Gasteiger partial charge on any atom is 0.0544 e. The number of rotatable bonds is 7. The van der Waals surface area contributed by atoms with Crippen molar-refractivity contribution in [2.45, 2.75) is 32.2 Å². The molecule has 1 unspecified atom stereocenters. The molecule has 0 saturated carbocycles. The van der Waals surface area contributed by atoms with Gasteiger partial charge in [-0.1, -0.05) is 37.3 Å². The molecule has 0 aliphatic heterocycles. The molecule has 2 aromatic rings. The van der Waals surface area contributed by atoms with Gasteiger partial charge in [0.05, 0.1) is 6.20 Å². The molecule has 1 aromatic heterocycles. The first-order valence-electron chi connectivity index (χ1n) is 6.94. The summed E-state index contributed by atoms with van der Waals surface area (Å²) in [4.78, 5) is 0. The van der Waals surface area contributed by atoms with Crippen LogP contribution in [-0.2, 0) is 6.42 Å². The fraction of sp³-hybridized carbons (Fsp3) is 0.375. The highest BCUT2D eigenvalue weighted by molar-refractivity contribution is 5.17. The molecule has 0 aliphatic rings. The van der Waals surface area contributed by atoms with Crippen molar-refractivity contribution in [2.24, 2.45) is 0 Å². The van der Waals surface area contributed by atoms with E-state index in [-0.39, 0.29) is 0 Å². The molecular weight excluding hydrogens is 234 g/mol. The van der Waals surface area contributed by atoms with E-state index in [0.717, 1.165) is 25.8 Å². The lowest BCUT2D eigenvalue weighted by molar-refractivity contribution is 0.497. The van der Waals surface area contributed by atoms with Gasteiger partial charge in [0.1, 0.15) is 0 Å². The molecule has 0 fully saturated rings. The van der Waals surface area contributed by atoms with E-state index in [1.165, 1.54) is 11.1 Å². The average molecular weight is 255 g/mol. The molecular formula is C16H21N3. The minimum Gasteiger partial charge on any atom is -0.310 e. The highest BCUT2D eigenvalue weighted by Gasteiger charge is 2.10. The van der Waals surface area contributed by atoms with Crippen molar-refractivity contribution in [3.05, 3.63) is 59.9 Å². The Morgan fingerprint density at radius 3 is 2.63 bits per heavy atom. The SMILES string of the molecule is CCCNC(CCc1ccccc1)c1ccnnc1. The molecule has 0 amide bonds. The second kappa shape index (κ2) is 7.64. The fourth-order valence-corrected chi connectivity index (χ4v) is 2.17. The number of aryl methyl sites for hydroxylation is 1. The maximum atomic E-state index is 3.98. The van der Waals surface area contributed by atoms with Gasteiger partial charge in [-0.05, 0) is 43.0 Å². The van der Waals surface area contributed by atoms with Gasteiger partial charge in [0.15, 0.2) is 0 Å². The van der Waals surface area contributed by atoms with E-state index in [0.29, 0.717) is 6.04 Å². The molecule has 3 nitrogen and oxygen atoms in total. The van der Waals surface area contributed by atoms with Gasteiger partial charge in [-0.2, -0.15) is 10.2 Å². The summed E-state index contributed by atoms with van der Waals surface area (Å²) < 4.78 is 0. The zero-order valence-electron chi connectivity index (χ0n) is 11.4. The molecule has 0 saturated heterocycles. The second-order valence-electron chi connectivity index (χ2n) is 4.71. The predicted molar refractivity (Wildman–Crippen MR) is 77.8 cm³/mol. The minimum absolute atomic E-state index is 0.357. The Labute approximate surface area is 115 Å². The lowest BCUT2D eigenvalue weighted by Crippen LogP contribution is -2.23. The molecule has 19 heavy (non-hydrogen) atoms. The monoisotopic (exact) mass is 255 g/mol. The van der Waals surface area contributed by atoms with Crippen LogP contribution in [0.1, 0.15) is 36.9 Å². The van der Waals surface area contributed by atoms with Crippen LogP contribution in [-0.4, -0.2) is 16.7 Å². The van der Waals surface area contributed by atoms with E-state index in [1.54, 1.807) is 6.20 Å². The number of benzene rings is 1. The third-order valence-corrected chi connectivity index (χ3v) is 3.21. The Morgan fingerprint density at radius 1 is 1.11 bits per heavy atom. The lowest BCUT2D eigenvalue weighted by Gasteiger charge is -2.18. The lowest BCUT2D eigenvalue weighted by atomic mass is 10.0. The van der Waals surface area contributed by atoms with Crippen molar-refractivity contribution >= 4 is 0 Å². The van der Waals surface area contributed by atoms with Crippen LogP contribution in [0, 0.1) is 0 Å². The third-order valence-electron chi connectivity index (χ3n) is 3.21. The molecule has 1 atom stereocenters. The molecule has 0 bridgehead atoms. The van der Waals surface area contributed by atoms with Crippen molar-refractivity contribution in [3.8, 4) is 0 Å². The van der Waals surface area contributed by atoms with Gasteiger partial charge in [0.2, 0.25) is 0 Å². The first-order chi connectivity index (χ1) is 9.40. The quantitative estimate of drug-likeness (QED) is 0.826. The second-order valence-corrected chi connectivity index (χ2v) is 4.71. The van der Waals surface area contributed by atoms with Gasteiger partial charge in [0.25, 0.3) is 0 Å². The Kier molecular flexibility index (Phi) is 5.50. The van der Waals surface area contributed by atoms with E-state index in [1.807, 2.05) is 12.3 Å². The van der Waals surface area contributed by atoms with Crippen molar-refractivity contribution in [3.63, 3.8) is 0 Å². The number of nitrogens with zero attached hydrogens (tertiary/aromatic N) is 2. The summed E-state index contributed by atoms with van der Waals surface area (Å²) in [6, 6.07) is 13.0. The number of hydrogen-bond donors (Lipinski definition) is 1. The van der Waals surface area contributed by atoms with Crippen LogP contribution in [0.4, 0.5) is 0 Å². The smallest absolute Gasteiger partial charge is 0.0544 e. The van der Waals surface area contributed by atoms with Crippen LogP contribution >= 0.6 is 0 Å². The summed E-state index contributed by atoms with van der Waals surface area (Å²) in [5.74, 6) is 0. The summed E-state index contributed by atoms with van der Waals surface area (Å²) in [5.41, 5.74) is 2.60. The van der Waals surface area contributed by atoms with Gasteiger partial charge in [0, 0.05) is 12.2 Å². The van der Waals surface area contributed by atoms with Crippen LogP contribution in [0.3, 0.4) is 0 Å². The third kappa shape index (κ3) is 4.45. The van der Waals surface area contributed by atoms with Crippen LogP contribution < -0.4 is 5.32 Å². The number of hydrogen-bond acceptors (Lipinski definition) is 3. The molecule has 100 valence electrons.